The average Bonchev–Trinajstić information content (AvgIpc) is 2.40. The van der Waals surface area contributed by atoms with Gasteiger partial charge in [-0.05, 0) is 0 Å². The Hall–Kier alpha value is 2.44. The van der Waals surface area contributed by atoms with Crippen LogP contribution < -0.4 is 177 Å². The standard InChI is InChI=1S/C12H8O10.6Na.6H/c13-7(14)1-3-9(17)21-11(19)5-6-12(20)22-10(18)4-2-8(15)16;;;;;;;;;;;;/h1-6H,(H,13,14)(H,15,16);;;;;;;;;;;;/q;6*+1;6*-1/b3-1+,4-2+,6-5-;;;;;;;;;;;;. The van der Waals surface area contributed by atoms with E-state index in [1.54, 1.807) is 0 Å². The molecule has 28 heavy (non-hydrogen) atoms. The van der Waals surface area contributed by atoms with Crippen LogP contribution in [0.3, 0.4) is 0 Å². The summed E-state index contributed by atoms with van der Waals surface area (Å²) in [6.45, 7) is 0. The number of hydrogen-bond donors (Lipinski definition) is 2. The van der Waals surface area contributed by atoms with Gasteiger partial charge in [-0.3, -0.25) is 0 Å². The number of carbonyl (C=O) groups excluding carboxylic acids is 4. The third-order valence-electron chi connectivity index (χ3n) is 1.48. The summed E-state index contributed by atoms with van der Waals surface area (Å²) in [5.74, 6) is -8.07. The Morgan fingerprint density at radius 1 is 0.464 bits per heavy atom. The van der Waals surface area contributed by atoms with Crippen LogP contribution >= 0.6 is 0 Å². The van der Waals surface area contributed by atoms with Gasteiger partial charge < -0.3 is 28.2 Å². The Balaban J connectivity index is -0.0000000334. The first kappa shape index (κ1) is 48.0. The van der Waals surface area contributed by atoms with Gasteiger partial charge >= 0.3 is 213 Å². The van der Waals surface area contributed by atoms with Crippen molar-refractivity contribution in [2.24, 2.45) is 0 Å². The zero-order chi connectivity index (χ0) is 17.1. The molecule has 0 aromatic carbocycles. The molecule has 2 N–H and O–H groups in total. The van der Waals surface area contributed by atoms with Gasteiger partial charge in [0, 0.05) is 36.5 Å². The molecule has 16 heteroatoms. The predicted molar refractivity (Wildman–Crippen MR) is 71.6 cm³/mol. The van der Waals surface area contributed by atoms with E-state index in [2.05, 4.69) is 9.47 Å². The smallest absolute Gasteiger partial charge is 1.00 e. The molecule has 128 valence electrons. The first-order chi connectivity index (χ1) is 10.2. The van der Waals surface area contributed by atoms with Crippen molar-refractivity contribution in [1.82, 2.24) is 0 Å². The van der Waals surface area contributed by atoms with Gasteiger partial charge in [-0.1, -0.05) is 0 Å². The van der Waals surface area contributed by atoms with Crippen molar-refractivity contribution in [2.45, 2.75) is 0 Å². The van der Waals surface area contributed by atoms with Crippen molar-refractivity contribution >= 4 is 35.8 Å². The summed E-state index contributed by atoms with van der Waals surface area (Å²) in [6.07, 6.45) is 2.69. The van der Waals surface area contributed by atoms with Crippen LogP contribution in [0.2, 0.25) is 0 Å². The minimum absolute atomic E-state index is 0. The first-order valence-electron chi connectivity index (χ1n) is 5.22. The summed E-state index contributed by atoms with van der Waals surface area (Å²) in [5, 5.41) is 16.4. The third-order valence-corrected chi connectivity index (χ3v) is 1.48. The Kier molecular flexibility index (Phi) is 50.5. The van der Waals surface area contributed by atoms with Gasteiger partial charge in [0.1, 0.15) is 0 Å². The van der Waals surface area contributed by atoms with Crippen molar-refractivity contribution in [3.05, 3.63) is 36.5 Å². The summed E-state index contributed by atoms with van der Waals surface area (Å²) >= 11 is 0. The van der Waals surface area contributed by atoms with E-state index in [1.807, 2.05) is 0 Å². The summed E-state index contributed by atoms with van der Waals surface area (Å²) in [7, 11) is 0. The molecule has 0 bridgehead atoms. The van der Waals surface area contributed by atoms with Gasteiger partial charge in [-0.2, -0.15) is 0 Å². The average molecular weight is 456 g/mol. The van der Waals surface area contributed by atoms with E-state index >= 15 is 0 Å². The normalized spacial score (nSPS) is 8.43. The molecule has 0 atom stereocenters. The number of carboxylic acids is 2. The maximum absolute atomic E-state index is 11.0. The number of rotatable bonds is 6. The molecule has 0 aromatic heterocycles. The molecule has 0 unspecified atom stereocenters. The Bertz CT molecular complexity index is 585. The fraction of sp³-hybridized carbons (Fsp3) is 0. The van der Waals surface area contributed by atoms with E-state index in [4.69, 9.17) is 10.2 Å². The minimum atomic E-state index is -1.43. The van der Waals surface area contributed by atoms with Crippen molar-refractivity contribution in [2.75, 3.05) is 0 Å². The Labute approximate surface area is 301 Å². The molecule has 0 radical (unpaired) electrons. The van der Waals surface area contributed by atoms with E-state index in [-0.39, 0.29) is 186 Å². The van der Waals surface area contributed by atoms with Crippen LogP contribution in [0.4, 0.5) is 0 Å². The molecule has 0 aromatic rings. The van der Waals surface area contributed by atoms with Crippen LogP contribution in [0.15, 0.2) is 36.5 Å². The van der Waals surface area contributed by atoms with Crippen LogP contribution in [-0.4, -0.2) is 46.0 Å². The van der Waals surface area contributed by atoms with Crippen LogP contribution in [0.5, 0.6) is 0 Å². The van der Waals surface area contributed by atoms with E-state index in [1.165, 1.54) is 0 Å². The molecule has 0 saturated carbocycles. The molecule has 0 heterocycles. The molecule has 0 aliphatic heterocycles. The summed E-state index contributed by atoms with van der Waals surface area (Å²) in [4.78, 5) is 63.9. The SMILES string of the molecule is O=C(O)/C=C/C(=O)OC(=O)/C=C\C(=O)OC(=O)/C=C/C(=O)O.[H-].[H-].[H-].[H-].[H-].[H-].[Na+].[Na+].[Na+].[Na+].[Na+].[Na+]. The van der Waals surface area contributed by atoms with Gasteiger partial charge in [-0.25, -0.2) is 28.8 Å². The maximum atomic E-state index is 11.0. The number of carboxylic acid groups (broad SMARTS) is 2. The van der Waals surface area contributed by atoms with Crippen LogP contribution in [-0.2, 0) is 38.2 Å². The second kappa shape index (κ2) is 29.4. The van der Waals surface area contributed by atoms with Gasteiger partial charge in [0.15, 0.2) is 0 Å². The topological polar surface area (TPSA) is 161 Å². The van der Waals surface area contributed by atoms with Crippen molar-refractivity contribution in [3.8, 4) is 0 Å². The zero-order valence-electron chi connectivity index (χ0n) is 22.6. The Morgan fingerprint density at radius 3 is 0.821 bits per heavy atom. The van der Waals surface area contributed by atoms with Gasteiger partial charge in [-0.15, -0.1) is 0 Å². The molecular weight excluding hydrogens is 442 g/mol. The number of carbonyl (C=O) groups is 6. The molecule has 0 spiro atoms. The minimum Gasteiger partial charge on any atom is -1.00 e. The first-order valence-corrected chi connectivity index (χ1v) is 5.22. The van der Waals surface area contributed by atoms with Crippen LogP contribution in [0.25, 0.3) is 0 Å². The van der Waals surface area contributed by atoms with Crippen LogP contribution in [0, 0.1) is 0 Å². The predicted octanol–water partition coefficient (Wildman–Crippen LogP) is -18.3. The summed E-state index contributed by atoms with van der Waals surface area (Å²) < 4.78 is 8.07. The second-order valence-corrected chi connectivity index (χ2v) is 3.16. The molecule has 0 aliphatic carbocycles. The van der Waals surface area contributed by atoms with Crippen molar-refractivity contribution in [1.29, 1.82) is 0 Å². The van der Waals surface area contributed by atoms with Gasteiger partial charge in [0.2, 0.25) is 0 Å². The molecular formula is C12H14Na6O10. The van der Waals surface area contributed by atoms with E-state index in [0.717, 1.165) is 0 Å². The quantitative estimate of drug-likeness (QED) is 0.170. The maximum Gasteiger partial charge on any atom is 1.00 e. The van der Waals surface area contributed by atoms with Gasteiger partial charge in [0.25, 0.3) is 0 Å². The van der Waals surface area contributed by atoms with E-state index in [0.29, 0.717) is 36.5 Å². The zero-order valence-corrected chi connectivity index (χ0v) is 28.6. The number of aliphatic carboxylic acids is 2. The molecule has 10 nitrogen and oxygen atoms in total. The fourth-order valence-corrected chi connectivity index (χ4v) is 0.749. The van der Waals surface area contributed by atoms with E-state index in [9.17, 15) is 28.8 Å². The molecule has 0 saturated heterocycles. The van der Waals surface area contributed by atoms with Crippen molar-refractivity contribution < 1.29 is 234 Å². The number of hydrogen-bond acceptors (Lipinski definition) is 8. The van der Waals surface area contributed by atoms with Gasteiger partial charge in [0.05, 0.1) is 0 Å². The summed E-state index contributed by atoms with van der Waals surface area (Å²) in [5.41, 5.74) is 0. The molecule has 0 aliphatic rings. The number of esters is 4. The fourth-order valence-electron chi connectivity index (χ4n) is 0.749. The summed E-state index contributed by atoms with van der Waals surface area (Å²) in [6, 6.07) is 0. The third kappa shape index (κ3) is 33.1. The van der Waals surface area contributed by atoms with Crippen LogP contribution in [0.1, 0.15) is 8.56 Å². The molecule has 0 rings (SSSR count). The molecule has 0 fully saturated rings. The Morgan fingerprint density at radius 2 is 0.643 bits per heavy atom. The van der Waals surface area contributed by atoms with E-state index < -0.39 is 35.8 Å². The number of ether oxygens (including phenoxy) is 2. The van der Waals surface area contributed by atoms with Crippen molar-refractivity contribution in [3.63, 3.8) is 0 Å². The largest absolute Gasteiger partial charge is 1.00 e. The monoisotopic (exact) mass is 456 g/mol. The molecule has 0 amide bonds. The second-order valence-electron chi connectivity index (χ2n) is 3.16.